The van der Waals surface area contributed by atoms with E-state index in [0.717, 1.165) is 11.1 Å². The van der Waals surface area contributed by atoms with Crippen molar-refractivity contribution in [2.24, 2.45) is 0 Å². The molecule has 0 amide bonds. The zero-order chi connectivity index (χ0) is 40.5. The first-order valence-corrected chi connectivity index (χ1v) is 18.7. The van der Waals surface area contributed by atoms with E-state index in [2.05, 4.69) is 16.0 Å². The van der Waals surface area contributed by atoms with Gasteiger partial charge in [0, 0.05) is 46.5 Å². The van der Waals surface area contributed by atoms with E-state index in [9.17, 15) is 19.2 Å². The van der Waals surface area contributed by atoms with E-state index in [1.54, 1.807) is 55.4 Å². The lowest BCUT2D eigenvalue weighted by Crippen LogP contribution is -2.34. The molecule has 4 aromatic heterocycles. The van der Waals surface area contributed by atoms with Crippen LogP contribution in [0.3, 0.4) is 0 Å². The van der Waals surface area contributed by atoms with Crippen LogP contribution in [0.15, 0.2) is 73.3 Å². The predicted octanol–water partition coefficient (Wildman–Crippen LogP) is 6.42. The summed E-state index contributed by atoms with van der Waals surface area (Å²) in [6, 6.07) is 15.7. The Morgan fingerprint density at radius 1 is 0.482 bits per heavy atom. The second-order valence-electron chi connectivity index (χ2n) is 13.0. The molecule has 12 nitrogen and oxygen atoms in total. The topological polar surface area (TPSA) is 139 Å². The van der Waals surface area contributed by atoms with Crippen LogP contribution in [0, 0.1) is 27.7 Å². The predicted molar refractivity (Wildman–Crippen MR) is 207 cm³/mol. The van der Waals surface area contributed by atoms with Crippen LogP contribution in [0.5, 0.6) is 0 Å². The molecule has 0 aliphatic heterocycles. The largest absolute Gasteiger partial charge is 0.462 e. The molecule has 0 saturated heterocycles. The van der Waals surface area contributed by atoms with Crippen LogP contribution in [0.25, 0.3) is 22.3 Å². The molecule has 4 heterocycles. The number of hydrogen-bond acceptors (Lipinski definition) is 10. The Bertz CT molecular complexity index is 2030. The third kappa shape index (κ3) is 8.97. The van der Waals surface area contributed by atoms with Gasteiger partial charge in [0.2, 0.25) is 0 Å². The molecule has 12 heteroatoms. The third-order valence-corrected chi connectivity index (χ3v) is 9.12. The van der Waals surface area contributed by atoms with Crippen molar-refractivity contribution in [1.82, 2.24) is 9.97 Å². The van der Waals surface area contributed by atoms with E-state index in [4.69, 9.17) is 18.9 Å². The van der Waals surface area contributed by atoms with Gasteiger partial charge in [-0.2, -0.15) is 0 Å². The van der Waals surface area contributed by atoms with Gasteiger partial charge in [-0.3, -0.25) is 9.97 Å². The summed E-state index contributed by atoms with van der Waals surface area (Å²) in [5, 5.41) is 0. The molecule has 290 valence electrons. The number of aromatic nitrogens is 4. The Labute approximate surface area is 327 Å². The molecule has 0 bridgehead atoms. The summed E-state index contributed by atoms with van der Waals surface area (Å²) in [6.07, 6.45) is 7.62. The minimum atomic E-state index is -0.551. The van der Waals surface area contributed by atoms with Gasteiger partial charge in [-0.15, -0.1) is 0 Å². The molecule has 5 aromatic rings. The normalized spacial score (nSPS) is 10.9. The number of carbonyl (C=O) groups excluding carboxylic acids is 4. The van der Waals surface area contributed by atoms with Gasteiger partial charge < -0.3 is 18.9 Å². The number of esters is 4. The van der Waals surface area contributed by atoms with E-state index >= 15 is 0 Å². The van der Waals surface area contributed by atoms with E-state index in [1.807, 2.05) is 76.4 Å². The average molecular weight is 761 g/mol. The smallest absolute Gasteiger partial charge is 0.340 e. The van der Waals surface area contributed by atoms with Gasteiger partial charge in [-0.05, 0) is 72.6 Å². The standard InChI is InChI=1S/C44H48N4O8/c1-9-53-41(49)35-27(5)45-28(6)36(42(50)54-10-2)39(35)33-16-20-47(21-17-33)25-31-14-13-15-32(24-31)26-48-22-18-34(19-23-48)40-37(43(51)55-11-3)29(7)46-30(8)38(40)44(52)56-12-4/h13-24H,9-12,25-26H2,1-8H3/q+2. The van der Waals surface area contributed by atoms with Gasteiger partial charge >= 0.3 is 23.9 Å². The number of ether oxygens (including phenoxy) is 4. The first-order chi connectivity index (χ1) is 26.9. The number of benzene rings is 1. The fourth-order valence-corrected chi connectivity index (χ4v) is 6.80. The Kier molecular flexibility index (Phi) is 13.4. The molecule has 0 N–H and O–H groups in total. The number of rotatable bonds is 14. The lowest BCUT2D eigenvalue weighted by Gasteiger charge is -2.17. The van der Waals surface area contributed by atoms with Crippen LogP contribution >= 0.6 is 0 Å². The van der Waals surface area contributed by atoms with Crippen molar-refractivity contribution in [2.75, 3.05) is 26.4 Å². The summed E-state index contributed by atoms with van der Waals surface area (Å²) in [5.74, 6) is -2.21. The molecular weight excluding hydrogens is 713 g/mol. The summed E-state index contributed by atoms with van der Waals surface area (Å²) < 4.78 is 25.5. The fraction of sp³-hybridized carbons (Fsp3) is 0.318. The Hall–Kier alpha value is -6.30. The third-order valence-electron chi connectivity index (χ3n) is 9.12. The molecule has 0 atom stereocenters. The second-order valence-corrected chi connectivity index (χ2v) is 13.0. The number of nitrogens with zero attached hydrogens (tertiary/aromatic N) is 4. The Morgan fingerprint density at radius 2 is 0.768 bits per heavy atom. The molecule has 56 heavy (non-hydrogen) atoms. The van der Waals surface area contributed by atoms with Crippen LogP contribution in [0.4, 0.5) is 0 Å². The van der Waals surface area contributed by atoms with Crippen molar-refractivity contribution in [1.29, 1.82) is 0 Å². The lowest BCUT2D eigenvalue weighted by molar-refractivity contribution is -0.689. The minimum Gasteiger partial charge on any atom is -0.462 e. The maximum Gasteiger partial charge on any atom is 0.340 e. The van der Waals surface area contributed by atoms with Gasteiger partial charge in [-0.1, -0.05) is 18.2 Å². The highest BCUT2D eigenvalue weighted by Crippen LogP contribution is 2.33. The molecule has 0 spiro atoms. The van der Waals surface area contributed by atoms with Crippen LogP contribution in [0.1, 0.15) is 103 Å². The van der Waals surface area contributed by atoms with Gasteiger partial charge in [0.15, 0.2) is 37.9 Å². The molecule has 0 unspecified atom stereocenters. The van der Waals surface area contributed by atoms with Crippen LogP contribution in [0.2, 0.25) is 0 Å². The highest BCUT2D eigenvalue weighted by atomic mass is 16.5. The summed E-state index contributed by atoms with van der Waals surface area (Å²) >= 11 is 0. The number of carbonyl (C=O) groups is 4. The molecule has 0 radical (unpaired) electrons. The summed E-state index contributed by atoms with van der Waals surface area (Å²) in [7, 11) is 0. The van der Waals surface area contributed by atoms with Crippen molar-refractivity contribution >= 4 is 23.9 Å². The summed E-state index contributed by atoms with van der Waals surface area (Å²) in [4.78, 5) is 61.6. The SMILES string of the molecule is CCOC(=O)c1c(C)nc(C)c(C(=O)OCC)c1-c1cc[n+](Cc2cccc(C[n+]3ccc(-c4c(C(=O)OCC)c(C)nc(C)c4C(=O)OCC)cc3)c2)cc1. The van der Waals surface area contributed by atoms with Gasteiger partial charge in [0.05, 0.1) is 71.5 Å². The monoisotopic (exact) mass is 760 g/mol. The number of aryl methyl sites for hydroxylation is 4. The van der Waals surface area contributed by atoms with E-state index < -0.39 is 23.9 Å². The Morgan fingerprint density at radius 3 is 1.04 bits per heavy atom. The van der Waals surface area contributed by atoms with Gasteiger partial charge in [0.25, 0.3) is 0 Å². The molecule has 0 saturated carbocycles. The van der Waals surface area contributed by atoms with Crippen LogP contribution in [-0.4, -0.2) is 60.3 Å². The van der Waals surface area contributed by atoms with E-state index in [-0.39, 0.29) is 48.7 Å². The van der Waals surface area contributed by atoms with Gasteiger partial charge in [-0.25, -0.2) is 28.3 Å². The quantitative estimate of drug-likeness (QED) is 0.0708. The molecule has 0 aliphatic carbocycles. The van der Waals surface area contributed by atoms with Crippen molar-refractivity contribution < 1.29 is 47.3 Å². The van der Waals surface area contributed by atoms with Gasteiger partial charge in [0.1, 0.15) is 0 Å². The maximum atomic E-state index is 13.1. The van der Waals surface area contributed by atoms with Crippen molar-refractivity contribution in [2.45, 2.75) is 68.5 Å². The van der Waals surface area contributed by atoms with E-state index in [0.29, 0.717) is 58.1 Å². The first kappa shape index (κ1) is 40.9. The minimum absolute atomic E-state index is 0.180. The Balaban J connectivity index is 1.41. The average Bonchev–Trinajstić information content (AvgIpc) is 3.15. The first-order valence-electron chi connectivity index (χ1n) is 18.7. The summed E-state index contributed by atoms with van der Waals surface area (Å²) in [5.41, 5.74) is 7.15. The summed E-state index contributed by atoms with van der Waals surface area (Å²) in [6.45, 7) is 15.7. The van der Waals surface area contributed by atoms with Crippen molar-refractivity contribution in [3.63, 3.8) is 0 Å². The zero-order valence-corrected chi connectivity index (χ0v) is 33.2. The fourth-order valence-electron chi connectivity index (χ4n) is 6.80. The van der Waals surface area contributed by atoms with E-state index in [1.165, 1.54) is 0 Å². The van der Waals surface area contributed by atoms with Crippen LogP contribution in [-0.2, 0) is 32.0 Å². The molecule has 5 rings (SSSR count). The van der Waals surface area contributed by atoms with Crippen molar-refractivity contribution in [3.05, 3.63) is 129 Å². The second kappa shape index (κ2) is 18.4. The molecule has 0 fully saturated rings. The molecule has 0 aliphatic rings. The highest BCUT2D eigenvalue weighted by molar-refractivity contribution is 6.08. The number of pyridine rings is 4. The van der Waals surface area contributed by atoms with Crippen LogP contribution < -0.4 is 9.13 Å². The molecule has 1 aromatic carbocycles. The maximum absolute atomic E-state index is 13.1. The highest BCUT2D eigenvalue weighted by Gasteiger charge is 2.30. The number of hydrogen-bond donors (Lipinski definition) is 0. The molecular formula is C44H48N4O8+2. The zero-order valence-electron chi connectivity index (χ0n) is 33.2. The lowest BCUT2D eigenvalue weighted by atomic mass is 9.93. The van der Waals surface area contributed by atoms with Crippen molar-refractivity contribution in [3.8, 4) is 22.3 Å².